The van der Waals surface area contributed by atoms with Gasteiger partial charge < -0.3 is 10.6 Å². The third kappa shape index (κ3) is 3.50. The van der Waals surface area contributed by atoms with Gasteiger partial charge in [0.05, 0.1) is 12.5 Å². The van der Waals surface area contributed by atoms with Crippen LogP contribution in [0.1, 0.15) is 43.6 Å². The minimum absolute atomic E-state index is 0.0264. The highest BCUT2D eigenvalue weighted by Crippen LogP contribution is 2.27. The molecule has 1 aromatic rings. The van der Waals surface area contributed by atoms with Gasteiger partial charge in [0.2, 0.25) is 0 Å². The predicted molar refractivity (Wildman–Crippen MR) is 82.6 cm³/mol. The van der Waals surface area contributed by atoms with Gasteiger partial charge in [0.15, 0.2) is 5.78 Å². The number of carbonyl (C=O) groups is 2. The van der Waals surface area contributed by atoms with Crippen LogP contribution in [0, 0.1) is 0 Å². The quantitative estimate of drug-likeness (QED) is 0.837. The van der Waals surface area contributed by atoms with E-state index >= 15 is 0 Å². The summed E-state index contributed by atoms with van der Waals surface area (Å²) in [5.41, 5.74) is 2.35. The fourth-order valence-corrected chi connectivity index (χ4v) is 3.26. The zero-order chi connectivity index (χ0) is 14.7. The second-order valence-corrected chi connectivity index (χ2v) is 6.07. The number of hydrogen-bond donors (Lipinski definition) is 2. The maximum absolute atomic E-state index is 11.9. The van der Waals surface area contributed by atoms with Crippen LogP contribution in [0.2, 0.25) is 0 Å². The van der Waals surface area contributed by atoms with Crippen LogP contribution in [0.4, 0.5) is 5.69 Å². The largest absolute Gasteiger partial charge is 0.375 e. The number of ketones is 2. The standard InChI is InChI=1S/C17H22N2O2/c20-15-4-5-16(17(21)11-15)19-14-3-1-2-13(10-14)12-6-8-18-9-7-12/h1-3,10,12,16,18-19H,4-9,11H2. The molecule has 1 unspecified atom stereocenters. The van der Waals surface area contributed by atoms with Gasteiger partial charge in [-0.1, -0.05) is 12.1 Å². The predicted octanol–water partition coefficient (Wildman–Crippen LogP) is 2.26. The highest BCUT2D eigenvalue weighted by molar-refractivity contribution is 6.04. The number of hydrogen-bond acceptors (Lipinski definition) is 4. The van der Waals surface area contributed by atoms with E-state index in [-0.39, 0.29) is 24.0 Å². The molecule has 1 heterocycles. The van der Waals surface area contributed by atoms with Crippen molar-refractivity contribution in [2.24, 2.45) is 0 Å². The summed E-state index contributed by atoms with van der Waals surface area (Å²) in [6.07, 6.45) is 3.55. The molecule has 1 aliphatic heterocycles. The van der Waals surface area contributed by atoms with Crippen molar-refractivity contribution >= 4 is 17.3 Å². The van der Waals surface area contributed by atoms with E-state index in [1.54, 1.807) is 0 Å². The van der Waals surface area contributed by atoms with Crippen LogP contribution < -0.4 is 10.6 Å². The molecule has 2 N–H and O–H groups in total. The molecule has 2 aliphatic rings. The smallest absolute Gasteiger partial charge is 0.162 e. The summed E-state index contributed by atoms with van der Waals surface area (Å²) >= 11 is 0. The van der Waals surface area contributed by atoms with Gasteiger partial charge in [0, 0.05) is 12.1 Å². The van der Waals surface area contributed by atoms with E-state index in [9.17, 15) is 9.59 Å². The Balaban J connectivity index is 1.68. The first kappa shape index (κ1) is 14.3. The fraction of sp³-hybridized carbons (Fsp3) is 0.529. The van der Waals surface area contributed by atoms with Crippen molar-refractivity contribution < 1.29 is 9.59 Å². The van der Waals surface area contributed by atoms with E-state index in [1.165, 1.54) is 18.4 Å². The van der Waals surface area contributed by atoms with Gasteiger partial charge >= 0.3 is 0 Å². The third-order valence-corrected chi connectivity index (χ3v) is 4.51. The number of carbonyl (C=O) groups excluding carboxylic acids is 2. The molecule has 1 saturated carbocycles. The molecule has 3 rings (SSSR count). The molecule has 0 amide bonds. The van der Waals surface area contributed by atoms with Gasteiger partial charge in [0.1, 0.15) is 5.78 Å². The Kier molecular flexibility index (Phi) is 4.34. The molecule has 1 atom stereocenters. The van der Waals surface area contributed by atoms with Crippen LogP contribution in [-0.2, 0) is 9.59 Å². The van der Waals surface area contributed by atoms with Crippen LogP contribution in [0.15, 0.2) is 24.3 Å². The molecular formula is C17H22N2O2. The molecule has 1 saturated heterocycles. The summed E-state index contributed by atoms with van der Waals surface area (Å²) in [5, 5.41) is 6.70. The van der Waals surface area contributed by atoms with E-state index in [2.05, 4.69) is 28.8 Å². The molecule has 1 aromatic carbocycles. The topological polar surface area (TPSA) is 58.2 Å². The lowest BCUT2D eigenvalue weighted by molar-refractivity contribution is -0.130. The van der Waals surface area contributed by atoms with Crippen LogP contribution in [-0.4, -0.2) is 30.7 Å². The molecule has 0 bridgehead atoms. The van der Waals surface area contributed by atoms with Gasteiger partial charge in [0.25, 0.3) is 0 Å². The van der Waals surface area contributed by atoms with Gasteiger partial charge in [-0.2, -0.15) is 0 Å². The first-order valence-electron chi connectivity index (χ1n) is 7.84. The number of piperidine rings is 1. The zero-order valence-electron chi connectivity index (χ0n) is 12.2. The fourth-order valence-electron chi connectivity index (χ4n) is 3.26. The van der Waals surface area contributed by atoms with Gasteiger partial charge in [-0.15, -0.1) is 0 Å². The molecule has 0 aromatic heterocycles. The van der Waals surface area contributed by atoms with Crippen molar-refractivity contribution in [2.45, 2.75) is 44.1 Å². The van der Waals surface area contributed by atoms with Gasteiger partial charge in [-0.05, 0) is 56.0 Å². The second kappa shape index (κ2) is 6.39. The highest BCUT2D eigenvalue weighted by atomic mass is 16.2. The van der Waals surface area contributed by atoms with Crippen molar-refractivity contribution in [2.75, 3.05) is 18.4 Å². The van der Waals surface area contributed by atoms with Gasteiger partial charge in [-0.25, -0.2) is 0 Å². The lowest BCUT2D eigenvalue weighted by atomic mass is 9.89. The molecule has 2 fully saturated rings. The highest BCUT2D eigenvalue weighted by Gasteiger charge is 2.26. The van der Waals surface area contributed by atoms with Crippen molar-refractivity contribution in [1.29, 1.82) is 0 Å². The molecule has 0 spiro atoms. The lowest BCUT2D eigenvalue weighted by Crippen LogP contribution is -2.35. The van der Waals surface area contributed by atoms with Crippen LogP contribution in [0.25, 0.3) is 0 Å². The zero-order valence-corrected chi connectivity index (χ0v) is 12.2. The number of benzene rings is 1. The molecular weight excluding hydrogens is 264 g/mol. The average molecular weight is 286 g/mol. The number of rotatable bonds is 3. The molecule has 4 heteroatoms. The van der Waals surface area contributed by atoms with Crippen LogP contribution in [0.5, 0.6) is 0 Å². The van der Waals surface area contributed by atoms with E-state index in [1.807, 2.05) is 6.07 Å². The van der Waals surface area contributed by atoms with E-state index in [4.69, 9.17) is 0 Å². The lowest BCUT2D eigenvalue weighted by Gasteiger charge is -2.25. The molecule has 1 aliphatic carbocycles. The third-order valence-electron chi connectivity index (χ3n) is 4.51. The summed E-state index contributed by atoms with van der Waals surface area (Å²) in [5.74, 6) is 0.705. The summed E-state index contributed by atoms with van der Waals surface area (Å²) < 4.78 is 0. The van der Waals surface area contributed by atoms with Gasteiger partial charge in [-0.3, -0.25) is 9.59 Å². The maximum atomic E-state index is 11.9. The number of anilines is 1. The Bertz CT molecular complexity index is 535. The van der Waals surface area contributed by atoms with Crippen molar-refractivity contribution in [3.05, 3.63) is 29.8 Å². The Morgan fingerprint density at radius 1 is 1.10 bits per heavy atom. The Morgan fingerprint density at radius 3 is 2.67 bits per heavy atom. The molecule has 0 radical (unpaired) electrons. The maximum Gasteiger partial charge on any atom is 0.162 e. The SMILES string of the molecule is O=C1CCC(Nc2cccc(C3CCNCC3)c2)C(=O)C1. The second-order valence-electron chi connectivity index (χ2n) is 6.07. The average Bonchev–Trinajstić information content (AvgIpc) is 2.51. The molecule has 4 nitrogen and oxygen atoms in total. The molecule has 112 valence electrons. The summed E-state index contributed by atoms with van der Waals surface area (Å²) in [6, 6.07) is 8.20. The Hall–Kier alpha value is -1.68. The summed E-state index contributed by atoms with van der Waals surface area (Å²) in [6.45, 7) is 2.15. The normalized spacial score (nSPS) is 24.1. The van der Waals surface area contributed by atoms with Crippen LogP contribution in [0.3, 0.4) is 0 Å². The Labute approximate surface area is 125 Å². The first-order chi connectivity index (χ1) is 10.2. The van der Waals surface area contributed by atoms with Crippen molar-refractivity contribution in [1.82, 2.24) is 5.32 Å². The Morgan fingerprint density at radius 2 is 1.90 bits per heavy atom. The van der Waals surface area contributed by atoms with Crippen molar-refractivity contribution in [3.8, 4) is 0 Å². The van der Waals surface area contributed by atoms with Crippen molar-refractivity contribution in [3.63, 3.8) is 0 Å². The number of Topliss-reactive ketones (excluding diaryl/α,β-unsaturated/α-hetero) is 2. The van der Waals surface area contributed by atoms with Crippen LogP contribution >= 0.6 is 0 Å². The minimum atomic E-state index is -0.203. The first-order valence-corrected chi connectivity index (χ1v) is 7.84. The number of nitrogens with one attached hydrogen (secondary N) is 2. The monoisotopic (exact) mass is 286 g/mol. The van der Waals surface area contributed by atoms with E-state index < -0.39 is 0 Å². The minimum Gasteiger partial charge on any atom is -0.375 e. The summed E-state index contributed by atoms with van der Waals surface area (Å²) in [4.78, 5) is 23.2. The molecule has 21 heavy (non-hydrogen) atoms. The van der Waals surface area contributed by atoms with E-state index in [0.717, 1.165) is 18.8 Å². The van der Waals surface area contributed by atoms with E-state index in [0.29, 0.717) is 18.8 Å². The summed E-state index contributed by atoms with van der Waals surface area (Å²) in [7, 11) is 0.